The smallest absolute Gasteiger partial charge is 0.248 e. The largest absolute Gasteiger partial charge is 0.366 e. The van der Waals surface area contributed by atoms with E-state index in [-0.39, 0.29) is 17.3 Å². The Morgan fingerprint density at radius 1 is 1.17 bits per heavy atom. The molecule has 1 aliphatic rings. The molecule has 1 atom stereocenters. The van der Waals surface area contributed by atoms with Crippen molar-refractivity contribution in [3.05, 3.63) is 65.5 Å². The molecule has 0 bridgehead atoms. The maximum atomic E-state index is 13.1. The summed E-state index contributed by atoms with van der Waals surface area (Å²) in [6, 6.07) is 11.6. The molecule has 0 spiro atoms. The molecule has 1 saturated heterocycles. The summed E-state index contributed by atoms with van der Waals surface area (Å²) >= 11 is 0. The molecule has 30 heavy (non-hydrogen) atoms. The molecule has 0 aliphatic carbocycles. The van der Waals surface area contributed by atoms with Gasteiger partial charge in [-0.1, -0.05) is 12.1 Å². The number of nitrogens with zero attached hydrogens (tertiary/aromatic N) is 1. The predicted molar refractivity (Wildman–Crippen MR) is 110 cm³/mol. The zero-order chi connectivity index (χ0) is 21.7. The molecule has 9 heteroatoms. The highest BCUT2D eigenvalue weighted by Crippen LogP contribution is 2.24. The van der Waals surface area contributed by atoms with Gasteiger partial charge in [-0.3, -0.25) is 9.59 Å². The molecule has 1 heterocycles. The Hall–Kier alpha value is -2.78. The minimum Gasteiger partial charge on any atom is -0.366 e. The first kappa shape index (κ1) is 21.9. The standard InChI is InChI=1S/C21H24FN3O4S/c22-18-6-8-19(9-7-18)30(28,29)25-12-2-5-17(14-25)21(27)24-11-10-15-3-1-4-16(13-15)20(23)26/h1,3-4,6-9,13,17H,2,5,10-12,14H2,(H2,23,26)(H,24,27). The molecule has 0 saturated carbocycles. The van der Waals surface area contributed by atoms with E-state index in [1.165, 1.54) is 16.4 Å². The summed E-state index contributed by atoms with van der Waals surface area (Å²) < 4.78 is 40.0. The van der Waals surface area contributed by atoms with Crippen LogP contribution in [0.2, 0.25) is 0 Å². The molecule has 1 aliphatic heterocycles. The van der Waals surface area contributed by atoms with E-state index in [4.69, 9.17) is 5.73 Å². The van der Waals surface area contributed by atoms with Crippen molar-refractivity contribution < 1.29 is 22.4 Å². The number of primary amides is 1. The van der Waals surface area contributed by atoms with E-state index < -0.39 is 27.7 Å². The van der Waals surface area contributed by atoms with E-state index >= 15 is 0 Å². The van der Waals surface area contributed by atoms with E-state index in [0.29, 0.717) is 37.9 Å². The molecular formula is C21H24FN3O4S. The van der Waals surface area contributed by atoms with Crippen LogP contribution >= 0.6 is 0 Å². The molecule has 2 amide bonds. The fourth-order valence-corrected chi connectivity index (χ4v) is 5.01. The Balaban J connectivity index is 1.57. The van der Waals surface area contributed by atoms with Crippen molar-refractivity contribution in [1.82, 2.24) is 9.62 Å². The number of amides is 2. The second-order valence-electron chi connectivity index (χ2n) is 7.26. The molecule has 2 aromatic rings. The van der Waals surface area contributed by atoms with Crippen LogP contribution in [-0.2, 0) is 21.2 Å². The van der Waals surface area contributed by atoms with E-state index in [9.17, 15) is 22.4 Å². The summed E-state index contributed by atoms with van der Waals surface area (Å²) in [4.78, 5) is 23.8. The lowest BCUT2D eigenvalue weighted by Crippen LogP contribution is -2.45. The van der Waals surface area contributed by atoms with Gasteiger partial charge < -0.3 is 11.1 Å². The van der Waals surface area contributed by atoms with Crippen LogP contribution in [0.25, 0.3) is 0 Å². The van der Waals surface area contributed by atoms with Crippen LogP contribution in [0.5, 0.6) is 0 Å². The number of sulfonamides is 1. The highest BCUT2D eigenvalue weighted by Gasteiger charge is 2.33. The third-order valence-corrected chi connectivity index (χ3v) is 7.01. The van der Waals surface area contributed by atoms with Gasteiger partial charge in [0.25, 0.3) is 0 Å². The molecule has 160 valence electrons. The third kappa shape index (κ3) is 5.22. The maximum absolute atomic E-state index is 13.1. The molecular weight excluding hydrogens is 409 g/mol. The Kier molecular flexibility index (Phi) is 6.84. The van der Waals surface area contributed by atoms with Crippen LogP contribution < -0.4 is 11.1 Å². The zero-order valence-corrected chi connectivity index (χ0v) is 17.2. The van der Waals surface area contributed by atoms with Crippen molar-refractivity contribution in [2.75, 3.05) is 19.6 Å². The fraction of sp³-hybridized carbons (Fsp3) is 0.333. The van der Waals surface area contributed by atoms with Gasteiger partial charge >= 0.3 is 0 Å². The average molecular weight is 434 g/mol. The quantitative estimate of drug-likeness (QED) is 0.692. The van der Waals surface area contributed by atoms with E-state index in [0.717, 1.165) is 17.7 Å². The van der Waals surface area contributed by atoms with E-state index in [2.05, 4.69) is 5.32 Å². The first-order valence-corrected chi connectivity index (χ1v) is 11.1. The lowest BCUT2D eigenvalue weighted by atomic mass is 9.98. The number of nitrogens with one attached hydrogen (secondary N) is 1. The molecule has 0 radical (unpaired) electrons. The Morgan fingerprint density at radius 3 is 2.60 bits per heavy atom. The first-order valence-electron chi connectivity index (χ1n) is 9.69. The van der Waals surface area contributed by atoms with Crippen molar-refractivity contribution in [3.8, 4) is 0 Å². The Bertz CT molecular complexity index is 1020. The number of carbonyl (C=O) groups excluding carboxylic acids is 2. The fourth-order valence-electron chi connectivity index (χ4n) is 3.48. The van der Waals surface area contributed by atoms with Gasteiger partial charge in [-0.15, -0.1) is 0 Å². The van der Waals surface area contributed by atoms with Crippen molar-refractivity contribution in [2.24, 2.45) is 11.7 Å². The molecule has 0 aromatic heterocycles. The SMILES string of the molecule is NC(=O)c1cccc(CCNC(=O)C2CCCN(S(=O)(=O)c3ccc(F)cc3)C2)c1. The predicted octanol–water partition coefficient (Wildman–Crippen LogP) is 1.68. The molecule has 7 nitrogen and oxygen atoms in total. The minimum absolute atomic E-state index is 0.0132. The highest BCUT2D eigenvalue weighted by molar-refractivity contribution is 7.89. The first-order chi connectivity index (χ1) is 14.3. The van der Waals surface area contributed by atoms with Crippen LogP contribution in [0.1, 0.15) is 28.8 Å². The Morgan fingerprint density at radius 2 is 1.90 bits per heavy atom. The average Bonchev–Trinajstić information content (AvgIpc) is 2.74. The van der Waals surface area contributed by atoms with Crippen LogP contribution in [0, 0.1) is 11.7 Å². The zero-order valence-electron chi connectivity index (χ0n) is 16.4. The number of hydrogen-bond donors (Lipinski definition) is 2. The van der Waals surface area contributed by atoms with E-state index in [1.54, 1.807) is 18.2 Å². The van der Waals surface area contributed by atoms with Gasteiger partial charge in [-0.05, 0) is 61.2 Å². The lowest BCUT2D eigenvalue weighted by Gasteiger charge is -2.31. The van der Waals surface area contributed by atoms with Crippen molar-refractivity contribution in [2.45, 2.75) is 24.2 Å². The number of carbonyl (C=O) groups is 2. The number of benzene rings is 2. The molecule has 3 rings (SSSR count). The minimum atomic E-state index is -3.78. The summed E-state index contributed by atoms with van der Waals surface area (Å²) in [6.45, 7) is 0.772. The lowest BCUT2D eigenvalue weighted by molar-refractivity contribution is -0.126. The normalized spacial score (nSPS) is 17.4. The third-order valence-electron chi connectivity index (χ3n) is 5.13. The second kappa shape index (κ2) is 9.36. The van der Waals surface area contributed by atoms with Crippen molar-refractivity contribution in [3.63, 3.8) is 0 Å². The van der Waals surface area contributed by atoms with Gasteiger partial charge in [0.2, 0.25) is 21.8 Å². The molecule has 3 N–H and O–H groups in total. The van der Waals surface area contributed by atoms with Gasteiger partial charge in [0.05, 0.1) is 10.8 Å². The number of rotatable bonds is 7. The summed E-state index contributed by atoms with van der Waals surface area (Å²) in [7, 11) is -3.78. The maximum Gasteiger partial charge on any atom is 0.248 e. The number of halogens is 1. The van der Waals surface area contributed by atoms with Crippen LogP contribution in [0.4, 0.5) is 4.39 Å². The van der Waals surface area contributed by atoms with Crippen LogP contribution in [0.15, 0.2) is 53.4 Å². The summed E-state index contributed by atoms with van der Waals surface area (Å²) in [5.74, 6) is -1.68. The second-order valence-corrected chi connectivity index (χ2v) is 9.20. The molecule has 1 fully saturated rings. The summed E-state index contributed by atoms with van der Waals surface area (Å²) in [5.41, 5.74) is 6.55. The van der Waals surface area contributed by atoms with Crippen molar-refractivity contribution in [1.29, 1.82) is 0 Å². The van der Waals surface area contributed by atoms with Crippen LogP contribution in [0.3, 0.4) is 0 Å². The summed E-state index contributed by atoms with van der Waals surface area (Å²) in [5, 5.41) is 2.84. The summed E-state index contributed by atoms with van der Waals surface area (Å²) in [6.07, 6.45) is 1.69. The number of hydrogen-bond acceptors (Lipinski definition) is 4. The molecule has 1 unspecified atom stereocenters. The topological polar surface area (TPSA) is 110 Å². The van der Waals surface area contributed by atoms with Gasteiger partial charge in [0, 0.05) is 25.2 Å². The number of piperidine rings is 1. The van der Waals surface area contributed by atoms with E-state index in [1.807, 2.05) is 6.07 Å². The highest BCUT2D eigenvalue weighted by atomic mass is 32.2. The Labute approximate surface area is 175 Å². The van der Waals surface area contributed by atoms with Gasteiger partial charge in [0.15, 0.2) is 0 Å². The number of nitrogens with two attached hydrogens (primary N) is 1. The van der Waals surface area contributed by atoms with Crippen LogP contribution in [-0.4, -0.2) is 44.2 Å². The molecule has 2 aromatic carbocycles. The van der Waals surface area contributed by atoms with Gasteiger partial charge in [-0.25, -0.2) is 12.8 Å². The van der Waals surface area contributed by atoms with Crippen molar-refractivity contribution >= 4 is 21.8 Å². The monoisotopic (exact) mass is 433 g/mol. The van der Waals surface area contributed by atoms with Gasteiger partial charge in [0.1, 0.15) is 5.82 Å². The van der Waals surface area contributed by atoms with Gasteiger partial charge in [-0.2, -0.15) is 4.31 Å².